The largest absolute Gasteiger partial charge is 0.368 e. The van der Waals surface area contributed by atoms with Crippen LogP contribution in [0.3, 0.4) is 0 Å². The molecule has 3 heterocycles. The number of nitrogens with zero attached hydrogens (tertiary/aromatic N) is 2. The molecule has 20 heavy (non-hydrogen) atoms. The lowest BCUT2D eigenvalue weighted by Crippen LogP contribution is -2.40. The van der Waals surface area contributed by atoms with E-state index in [0.29, 0.717) is 11.6 Å². The third-order valence-corrected chi connectivity index (χ3v) is 5.21. The number of benzene rings is 1. The molecule has 2 atom stereocenters. The van der Waals surface area contributed by atoms with Crippen molar-refractivity contribution in [2.45, 2.75) is 12.1 Å². The van der Waals surface area contributed by atoms with Crippen molar-refractivity contribution in [2.75, 3.05) is 6.54 Å². The Morgan fingerprint density at radius 2 is 2.15 bits per heavy atom. The average Bonchev–Trinajstić information content (AvgIpc) is 2.93. The van der Waals surface area contributed by atoms with Gasteiger partial charge in [0, 0.05) is 15.1 Å². The third kappa shape index (κ3) is 1.26. The van der Waals surface area contributed by atoms with Crippen LogP contribution in [0.4, 0.5) is 4.79 Å². The van der Waals surface area contributed by atoms with Crippen molar-refractivity contribution in [1.29, 1.82) is 0 Å². The molecule has 1 saturated heterocycles. The third-order valence-electron chi connectivity index (χ3n) is 3.93. The first-order chi connectivity index (χ1) is 9.59. The summed E-state index contributed by atoms with van der Waals surface area (Å²) in [7, 11) is 0. The summed E-state index contributed by atoms with van der Waals surface area (Å²) < 4.78 is 1.03. The lowest BCUT2D eigenvalue weighted by molar-refractivity contribution is -0.122. The molecule has 1 aromatic heterocycles. The van der Waals surface area contributed by atoms with Crippen LogP contribution in [0.1, 0.15) is 22.5 Å². The van der Waals surface area contributed by atoms with Gasteiger partial charge in [0.05, 0.1) is 6.54 Å². The van der Waals surface area contributed by atoms with Gasteiger partial charge in [-0.2, -0.15) is 5.06 Å². The second kappa shape index (κ2) is 3.71. The molecule has 0 aliphatic carbocycles. The number of carbonyl (C=O) groups excluding carboxylic acids is 2. The summed E-state index contributed by atoms with van der Waals surface area (Å²) in [6, 6.07) is 5.90. The number of primary amides is 1. The molecule has 1 aromatic carbocycles. The fourth-order valence-electron chi connectivity index (χ4n) is 3.08. The Balaban J connectivity index is 2.05. The molecule has 2 aliphatic rings. The topological polar surface area (TPSA) is 86.9 Å². The van der Waals surface area contributed by atoms with Crippen LogP contribution in [0, 0.1) is 0 Å². The molecule has 3 N–H and O–H groups in total. The summed E-state index contributed by atoms with van der Waals surface area (Å²) in [5, 5.41) is 11.6. The number of amides is 3. The monoisotopic (exact) mass is 289 g/mol. The molecule has 0 spiro atoms. The van der Waals surface area contributed by atoms with Crippen LogP contribution in [-0.4, -0.2) is 33.7 Å². The summed E-state index contributed by atoms with van der Waals surface area (Å²) >= 11 is 1.50. The zero-order valence-electron chi connectivity index (χ0n) is 10.3. The second-order valence-corrected chi connectivity index (χ2v) is 6.06. The van der Waals surface area contributed by atoms with Gasteiger partial charge in [-0.15, -0.1) is 11.3 Å². The molecule has 3 amide bonds. The highest BCUT2D eigenvalue weighted by Crippen LogP contribution is 2.49. The Morgan fingerprint density at radius 1 is 1.40 bits per heavy atom. The van der Waals surface area contributed by atoms with Gasteiger partial charge in [-0.05, 0) is 11.5 Å². The first-order valence-corrected chi connectivity index (χ1v) is 7.00. The number of fused-ring (bicyclic) bond motifs is 6. The number of thiophene rings is 1. The molecular weight excluding hydrogens is 278 g/mol. The van der Waals surface area contributed by atoms with Gasteiger partial charge < -0.3 is 10.6 Å². The number of nitrogens with two attached hydrogens (primary N) is 1. The standard InChI is InChI=1S/C13H11N3O3S/c14-12(17)10-9-6-3-1-2-4-8(6)20-11(9)7-5-15(10)13(18)16(7)19/h1-4,7,10,19H,5H2,(H2,14,17). The summed E-state index contributed by atoms with van der Waals surface area (Å²) in [6.45, 7) is 0.294. The Bertz CT molecular complexity index is 756. The Kier molecular flexibility index (Phi) is 2.17. The van der Waals surface area contributed by atoms with E-state index < -0.39 is 24.0 Å². The molecule has 2 bridgehead atoms. The number of hydrogen-bond donors (Lipinski definition) is 2. The van der Waals surface area contributed by atoms with Gasteiger partial charge in [-0.1, -0.05) is 18.2 Å². The van der Waals surface area contributed by atoms with Gasteiger partial charge in [0.2, 0.25) is 5.91 Å². The molecule has 0 radical (unpaired) electrons. The van der Waals surface area contributed by atoms with Crippen molar-refractivity contribution in [3.8, 4) is 0 Å². The highest BCUT2D eigenvalue weighted by molar-refractivity contribution is 7.19. The number of carbonyl (C=O) groups is 2. The van der Waals surface area contributed by atoms with Gasteiger partial charge in [-0.3, -0.25) is 10.0 Å². The number of rotatable bonds is 1. The molecule has 0 saturated carbocycles. The van der Waals surface area contributed by atoms with E-state index in [1.54, 1.807) is 0 Å². The number of urea groups is 1. The maximum atomic E-state index is 12.0. The average molecular weight is 289 g/mol. The molecule has 2 unspecified atom stereocenters. The lowest BCUT2D eigenvalue weighted by atomic mass is 9.95. The zero-order valence-corrected chi connectivity index (χ0v) is 11.1. The zero-order chi connectivity index (χ0) is 14.0. The maximum absolute atomic E-state index is 12.0. The van der Waals surface area contributed by atoms with Crippen molar-refractivity contribution in [3.63, 3.8) is 0 Å². The van der Waals surface area contributed by atoms with Crippen LogP contribution in [-0.2, 0) is 4.79 Å². The Hall–Kier alpha value is -2.12. The molecule has 1 fully saturated rings. The molecule has 7 heteroatoms. The quantitative estimate of drug-likeness (QED) is 0.782. The first kappa shape index (κ1) is 11.7. The highest BCUT2D eigenvalue weighted by Gasteiger charge is 2.51. The summed E-state index contributed by atoms with van der Waals surface area (Å²) in [6.07, 6.45) is 0. The van der Waals surface area contributed by atoms with E-state index in [-0.39, 0.29) is 0 Å². The molecule has 2 aromatic rings. The smallest absolute Gasteiger partial charge is 0.345 e. The normalized spacial score (nSPS) is 24.4. The van der Waals surface area contributed by atoms with E-state index in [4.69, 9.17) is 5.73 Å². The predicted molar refractivity (Wildman–Crippen MR) is 72.2 cm³/mol. The van der Waals surface area contributed by atoms with E-state index in [1.165, 1.54) is 16.2 Å². The minimum atomic E-state index is -0.804. The molecule has 6 nitrogen and oxygen atoms in total. The van der Waals surface area contributed by atoms with E-state index >= 15 is 0 Å². The van der Waals surface area contributed by atoms with Gasteiger partial charge in [-0.25, -0.2) is 4.79 Å². The van der Waals surface area contributed by atoms with Crippen LogP contribution < -0.4 is 5.73 Å². The number of hydrogen-bond acceptors (Lipinski definition) is 4. The van der Waals surface area contributed by atoms with E-state index in [2.05, 4.69) is 0 Å². The van der Waals surface area contributed by atoms with Crippen molar-refractivity contribution >= 4 is 33.4 Å². The van der Waals surface area contributed by atoms with Crippen LogP contribution in [0.2, 0.25) is 0 Å². The lowest BCUT2D eigenvalue weighted by Gasteiger charge is -2.28. The minimum Gasteiger partial charge on any atom is -0.368 e. The van der Waals surface area contributed by atoms with Gasteiger partial charge in [0.1, 0.15) is 12.1 Å². The van der Waals surface area contributed by atoms with E-state index in [1.807, 2.05) is 24.3 Å². The van der Waals surface area contributed by atoms with Crippen LogP contribution >= 0.6 is 11.3 Å². The van der Waals surface area contributed by atoms with Gasteiger partial charge >= 0.3 is 6.03 Å². The second-order valence-electron chi connectivity index (χ2n) is 4.98. The van der Waals surface area contributed by atoms with Gasteiger partial charge in [0.15, 0.2) is 0 Å². The predicted octanol–water partition coefficient (Wildman–Crippen LogP) is 1.61. The first-order valence-electron chi connectivity index (χ1n) is 6.19. The fraction of sp³-hybridized carbons (Fsp3) is 0.231. The van der Waals surface area contributed by atoms with Gasteiger partial charge in [0.25, 0.3) is 0 Å². The van der Waals surface area contributed by atoms with Crippen LogP contribution in [0.5, 0.6) is 0 Å². The van der Waals surface area contributed by atoms with Crippen LogP contribution in [0.25, 0.3) is 10.1 Å². The summed E-state index contributed by atoms with van der Waals surface area (Å²) in [4.78, 5) is 26.0. The number of hydroxylamine groups is 2. The van der Waals surface area contributed by atoms with Crippen molar-refractivity contribution in [2.24, 2.45) is 5.73 Å². The summed E-state index contributed by atoms with van der Waals surface area (Å²) in [5.41, 5.74) is 6.26. The van der Waals surface area contributed by atoms with E-state index in [0.717, 1.165) is 20.5 Å². The highest BCUT2D eigenvalue weighted by atomic mass is 32.1. The Morgan fingerprint density at radius 3 is 2.90 bits per heavy atom. The molecule has 102 valence electrons. The fourth-order valence-corrected chi connectivity index (χ4v) is 4.40. The minimum absolute atomic E-state index is 0.294. The van der Waals surface area contributed by atoms with E-state index in [9.17, 15) is 14.8 Å². The maximum Gasteiger partial charge on any atom is 0.345 e. The van der Waals surface area contributed by atoms with Crippen LogP contribution in [0.15, 0.2) is 24.3 Å². The van der Waals surface area contributed by atoms with Crippen molar-refractivity contribution < 1.29 is 14.8 Å². The Labute approximate surface area is 117 Å². The molecular formula is C13H11N3O3S. The van der Waals surface area contributed by atoms with Crippen molar-refractivity contribution in [3.05, 3.63) is 34.7 Å². The van der Waals surface area contributed by atoms with Crippen molar-refractivity contribution in [1.82, 2.24) is 9.96 Å². The molecule has 4 rings (SSSR count). The summed E-state index contributed by atoms with van der Waals surface area (Å²) in [5.74, 6) is -0.572. The molecule has 2 aliphatic heterocycles. The SMILES string of the molecule is NC(=O)C1c2c(sc3ccccc23)C2CN1C(=O)N2O.